The summed E-state index contributed by atoms with van der Waals surface area (Å²) in [5, 5.41) is 1.22. The van der Waals surface area contributed by atoms with Gasteiger partial charge in [-0.05, 0) is 31.0 Å². The molecule has 3 aromatic rings. The van der Waals surface area contributed by atoms with Crippen molar-refractivity contribution in [2.24, 2.45) is 0 Å². The number of hydrogen-bond donors (Lipinski definition) is 1. The number of benzene rings is 2. The van der Waals surface area contributed by atoms with Crippen molar-refractivity contribution in [1.29, 1.82) is 0 Å². The average Bonchev–Trinajstić information content (AvgIpc) is 2.88. The summed E-state index contributed by atoms with van der Waals surface area (Å²) in [7, 11) is 0. The molecule has 0 aliphatic carbocycles. The van der Waals surface area contributed by atoms with Gasteiger partial charge in [-0.25, -0.2) is 4.39 Å². The number of aromatic amines is 1. The number of ether oxygens (including phenoxy) is 1. The normalized spacial score (nSPS) is 17.9. The summed E-state index contributed by atoms with van der Waals surface area (Å²) < 4.78 is 20.1. The van der Waals surface area contributed by atoms with Gasteiger partial charge in [-0.3, -0.25) is 0 Å². The summed E-state index contributed by atoms with van der Waals surface area (Å²) in [6.45, 7) is 2.59. The van der Waals surface area contributed by atoms with Crippen LogP contribution >= 0.6 is 0 Å². The number of para-hydroxylation sites is 1. The monoisotopic (exact) mass is 281 g/mol. The van der Waals surface area contributed by atoms with Crippen LogP contribution in [0.15, 0.2) is 42.5 Å². The molecule has 0 amide bonds. The van der Waals surface area contributed by atoms with Crippen molar-refractivity contribution >= 4 is 10.9 Å². The Hall–Kier alpha value is -2.13. The molecular weight excluding hydrogens is 265 g/mol. The van der Waals surface area contributed by atoms with Crippen LogP contribution in [0.5, 0.6) is 0 Å². The number of H-pyrrole nitrogens is 1. The van der Waals surface area contributed by atoms with Crippen LogP contribution in [0.3, 0.4) is 0 Å². The van der Waals surface area contributed by atoms with Crippen LogP contribution in [-0.2, 0) is 11.2 Å². The summed E-state index contributed by atoms with van der Waals surface area (Å²) >= 11 is 0. The molecule has 0 saturated carbocycles. The Bertz CT molecular complexity index is 821. The van der Waals surface area contributed by atoms with Crippen molar-refractivity contribution in [3.8, 4) is 0 Å². The Morgan fingerprint density at radius 1 is 1.19 bits per heavy atom. The van der Waals surface area contributed by atoms with Crippen molar-refractivity contribution in [3.63, 3.8) is 0 Å². The van der Waals surface area contributed by atoms with E-state index in [2.05, 4.69) is 17.1 Å². The van der Waals surface area contributed by atoms with E-state index in [1.54, 1.807) is 6.07 Å². The fourth-order valence-corrected chi connectivity index (χ4v) is 3.19. The van der Waals surface area contributed by atoms with Gasteiger partial charge in [0.1, 0.15) is 11.9 Å². The zero-order chi connectivity index (χ0) is 14.4. The first-order valence-electron chi connectivity index (χ1n) is 7.21. The third-order valence-corrected chi connectivity index (χ3v) is 4.18. The second-order valence-corrected chi connectivity index (χ2v) is 5.59. The van der Waals surface area contributed by atoms with E-state index in [1.807, 2.05) is 25.1 Å². The molecule has 3 heteroatoms. The molecule has 2 heterocycles. The number of aryl methyl sites for hydroxylation is 1. The minimum Gasteiger partial charge on any atom is -0.367 e. The van der Waals surface area contributed by atoms with Crippen LogP contribution in [-0.4, -0.2) is 11.6 Å². The molecule has 0 saturated heterocycles. The highest BCUT2D eigenvalue weighted by Crippen LogP contribution is 2.37. The highest BCUT2D eigenvalue weighted by molar-refractivity contribution is 5.85. The van der Waals surface area contributed by atoms with Crippen LogP contribution in [0.1, 0.15) is 28.5 Å². The highest BCUT2D eigenvalue weighted by Gasteiger charge is 2.28. The van der Waals surface area contributed by atoms with E-state index < -0.39 is 0 Å². The second kappa shape index (κ2) is 4.71. The van der Waals surface area contributed by atoms with Gasteiger partial charge in [0.15, 0.2) is 0 Å². The molecule has 1 atom stereocenters. The molecule has 1 unspecified atom stereocenters. The van der Waals surface area contributed by atoms with Gasteiger partial charge in [0, 0.05) is 16.5 Å². The first-order valence-corrected chi connectivity index (χ1v) is 7.21. The summed E-state index contributed by atoms with van der Waals surface area (Å²) in [5.41, 5.74) is 4.99. The Kier molecular flexibility index (Phi) is 2.82. The molecule has 2 nitrogen and oxygen atoms in total. The van der Waals surface area contributed by atoms with E-state index in [0.29, 0.717) is 12.2 Å². The zero-order valence-corrected chi connectivity index (χ0v) is 11.8. The molecule has 21 heavy (non-hydrogen) atoms. The van der Waals surface area contributed by atoms with E-state index in [1.165, 1.54) is 17.0 Å². The number of rotatable bonds is 1. The molecule has 0 fully saturated rings. The largest absolute Gasteiger partial charge is 0.367 e. The predicted octanol–water partition coefficient (Wildman–Crippen LogP) is 4.28. The first kappa shape index (κ1) is 12.6. The number of fused-ring (bicyclic) bond motifs is 3. The molecule has 0 radical (unpaired) electrons. The van der Waals surface area contributed by atoms with Crippen molar-refractivity contribution in [1.82, 2.24) is 4.98 Å². The minimum atomic E-state index is -0.346. The van der Waals surface area contributed by atoms with Gasteiger partial charge in [-0.15, -0.1) is 0 Å². The SMILES string of the molecule is Cc1ccc(F)c(C2OCCc3c2[nH]c2ccccc32)c1. The van der Waals surface area contributed by atoms with Crippen LogP contribution in [0.25, 0.3) is 10.9 Å². The lowest BCUT2D eigenvalue weighted by Gasteiger charge is -2.24. The molecule has 106 valence electrons. The van der Waals surface area contributed by atoms with E-state index in [0.717, 1.165) is 23.2 Å². The molecule has 1 aliphatic rings. The lowest BCUT2D eigenvalue weighted by Crippen LogP contribution is -2.18. The fourth-order valence-electron chi connectivity index (χ4n) is 3.19. The van der Waals surface area contributed by atoms with Crippen molar-refractivity contribution < 1.29 is 9.13 Å². The summed E-state index contributed by atoms with van der Waals surface area (Å²) in [4.78, 5) is 3.42. The van der Waals surface area contributed by atoms with E-state index in [-0.39, 0.29) is 11.9 Å². The number of hydrogen-bond acceptors (Lipinski definition) is 1. The highest BCUT2D eigenvalue weighted by atomic mass is 19.1. The molecular formula is C18H16FNO. The van der Waals surface area contributed by atoms with Gasteiger partial charge in [0.05, 0.1) is 12.3 Å². The van der Waals surface area contributed by atoms with Crippen molar-refractivity contribution in [3.05, 3.63) is 70.7 Å². The number of aromatic nitrogens is 1. The number of nitrogens with one attached hydrogen (secondary N) is 1. The lowest BCUT2D eigenvalue weighted by molar-refractivity contribution is 0.0653. The van der Waals surface area contributed by atoms with Crippen molar-refractivity contribution in [2.75, 3.05) is 6.61 Å². The predicted molar refractivity (Wildman–Crippen MR) is 80.9 cm³/mol. The quantitative estimate of drug-likeness (QED) is 0.707. The smallest absolute Gasteiger partial charge is 0.129 e. The average molecular weight is 281 g/mol. The maximum atomic E-state index is 14.2. The van der Waals surface area contributed by atoms with Gasteiger partial charge in [-0.2, -0.15) is 0 Å². The van der Waals surface area contributed by atoms with E-state index in [9.17, 15) is 4.39 Å². The topological polar surface area (TPSA) is 25.0 Å². The Labute approximate surface area is 122 Å². The number of halogens is 1. The Morgan fingerprint density at radius 2 is 2.05 bits per heavy atom. The van der Waals surface area contributed by atoms with E-state index >= 15 is 0 Å². The lowest BCUT2D eigenvalue weighted by atomic mass is 9.96. The summed E-state index contributed by atoms with van der Waals surface area (Å²) in [5.74, 6) is -0.211. The van der Waals surface area contributed by atoms with Gasteiger partial charge >= 0.3 is 0 Å². The maximum absolute atomic E-state index is 14.2. The molecule has 1 aromatic heterocycles. The summed E-state index contributed by atoms with van der Waals surface area (Å²) in [6, 6.07) is 13.4. The Morgan fingerprint density at radius 3 is 2.95 bits per heavy atom. The molecule has 4 rings (SSSR count). The second-order valence-electron chi connectivity index (χ2n) is 5.59. The third kappa shape index (κ3) is 1.96. The van der Waals surface area contributed by atoms with Gasteiger partial charge < -0.3 is 9.72 Å². The van der Waals surface area contributed by atoms with Crippen LogP contribution < -0.4 is 0 Å². The maximum Gasteiger partial charge on any atom is 0.129 e. The zero-order valence-electron chi connectivity index (χ0n) is 11.8. The third-order valence-electron chi connectivity index (χ3n) is 4.18. The van der Waals surface area contributed by atoms with Crippen LogP contribution in [0.4, 0.5) is 4.39 Å². The first-order chi connectivity index (χ1) is 10.2. The standard InChI is InChI=1S/C18H16FNO/c1-11-6-7-15(19)14(10-11)18-17-13(8-9-21-18)12-4-2-3-5-16(12)20-17/h2-7,10,18,20H,8-9H2,1H3. The molecule has 0 spiro atoms. The Balaban J connectivity index is 1.92. The molecule has 1 N–H and O–H groups in total. The van der Waals surface area contributed by atoms with Crippen molar-refractivity contribution in [2.45, 2.75) is 19.4 Å². The molecule has 2 aromatic carbocycles. The minimum absolute atomic E-state index is 0.211. The van der Waals surface area contributed by atoms with E-state index in [4.69, 9.17) is 4.74 Å². The van der Waals surface area contributed by atoms with Gasteiger partial charge in [0.25, 0.3) is 0 Å². The van der Waals surface area contributed by atoms with Gasteiger partial charge in [0.2, 0.25) is 0 Å². The molecule has 0 bridgehead atoms. The fraction of sp³-hybridized carbons (Fsp3) is 0.222. The molecule has 1 aliphatic heterocycles. The summed E-state index contributed by atoms with van der Waals surface area (Å²) in [6.07, 6.45) is 0.518. The van der Waals surface area contributed by atoms with Crippen LogP contribution in [0.2, 0.25) is 0 Å². The van der Waals surface area contributed by atoms with Gasteiger partial charge in [-0.1, -0.05) is 35.9 Å². The van der Waals surface area contributed by atoms with Crippen LogP contribution in [0, 0.1) is 12.7 Å².